The number of hydrogen-bond acceptors (Lipinski definition) is 1. The molecule has 0 fully saturated rings. The lowest BCUT2D eigenvalue weighted by Gasteiger charge is -2.12. The summed E-state index contributed by atoms with van der Waals surface area (Å²) in [6, 6.07) is 3.66. The molecule has 0 atom stereocenters. The van der Waals surface area contributed by atoms with Crippen LogP contribution in [0.5, 0.6) is 5.75 Å². The van der Waals surface area contributed by atoms with E-state index in [1.165, 1.54) is 16.7 Å². The van der Waals surface area contributed by atoms with Crippen LogP contribution in [0.4, 0.5) is 0 Å². The normalized spacial score (nSPS) is 10.8. The number of aryl methyl sites for hydroxylation is 1. The molecule has 1 nitrogen and oxygen atoms in total. The van der Waals surface area contributed by atoms with Crippen molar-refractivity contribution in [2.75, 3.05) is 0 Å². The van der Waals surface area contributed by atoms with Crippen molar-refractivity contribution in [2.24, 2.45) is 0 Å². The van der Waals surface area contributed by atoms with Crippen LogP contribution in [0, 0.1) is 13.8 Å². The fraction of sp³-hybridized carbons (Fsp3) is 0.455. The van der Waals surface area contributed by atoms with E-state index in [1.54, 1.807) is 6.07 Å². The molecule has 12 heavy (non-hydrogen) atoms. The third-order valence-electron chi connectivity index (χ3n) is 2.31. The number of phenols is 1. The van der Waals surface area contributed by atoms with E-state index in [0.29, 0.717) is 11.7 Å². The van der Waals surface area contributed by atoms with Gasteiger partial charge in [-0.1, -0.05) is 13.8 Å². The first-order valence-corrected chi connectivity index (χ1v) is 4.32. The molecule has 66 valence electrons. The average Bonchev–Trinajstić information content (AvgIpc) is 1.96. The van der Waals surface area contributed by atoms with Gasteiger partial charge in [-0.25, -0.2) is 0 Å². The zero-order valence-corrected chi connectivity index (χ0v) is 8.18. The molecule has 0 spiro atoms. The molecule has 1 aromatic rings. The zero-order valence-electron chi connectivity index (χ0n) is 8.18. The molecule has 1 aromatic carbocycles. The summed E-state index contributed by atoms with van der Waals surface area (Å²) < 4.78 is 0. The summed E-state index contributed by atoms with van der Waals surface area (Å²) in [5.41, 5.74) is 3.70. The molecule has 0 unspecified atom stereocenters. The molecule has 0 saturated heterocycles. The van der Waals surface area contributed by atoms with Gasteiger partial charge < -0.3 is 5.11 Å². The Kier molecular flexibility index (Phi) is 2.41. The third-order valence-corrected chi connectivity index (χ3v) is 2.31. The first-order valence-electron chi connectivity index (χ1n) is 4.32. The molecule has 0 saturated carbocycles. The van der Waals surface area contributed by atoms with Crippen LogP contribution in [0.15, 0.2) is 12.1 Å². The predicted molar refractivity (Wildman–Crippen MR) is 51.7 cm³/mol. The molecule has 0 radical (unpaired) electrons. The summed E-state index contributed by atoms with van der Waals surface area (Å²) >= 11 is 0. The second kappa shape index (κ2) is 3.18. The summed E-state index contributed by atoms with van der Waals surface area (Å²) in [6.45, 7) is 8.41. The predicted octanol–water partition coefficient (Wildman–Crippen LogP) is 3.13. The van der Waals surface area contributed by atoms with Crippen LogP contribution in [-0.2, 0) is 0 Å². The first-order chi connectivity index (χ1) is 5.52. The molecule has 0 aliphatic carbocycles. The van der Waals surface area contributed by atoms with Gasteiger partial charge in [-0.2, -0.15) is 0 Å². The van der Waals surface area contributed by atoms with Gasteiger partial charge in [0.05, 0.1) is 0 Å². The quantitative estimate of drug-likeness (QED) is 0.676. The highest BCUT2D eigenvalue weighted by Crippen LogP contribution is 2.26. The van der Waals surface area contributed by atoms with E-state index < -0.39 is 0 Å². The Morgan fingerprint density at radius 2 is 1.75 bits per heavy atom. The maximum atomic E-state index is 9.37. The van der Waals surface area contributed by atoms with Crippen molar-refractivity contribution >= 4 is 0 Å². The Morgan fingerprint density at radius 3 is 2.25 bits per heavy atom. The van der Waals surface area contributed by atoms with E-state index in [4.69, 9.17) is 0 Å². The number of phenolic OH excluding ortho intramolecular Hbond substituents is 1. The van der Waals surface area contributed by atoms with Crippen molar-refractivity contribution < 1.29 is 5.11 Å². The molecule has 1 N–H and O–H groups in total. The van der Waals surface area contributed by atoms with Gasteiger partial charge in [0.15, 0.2) is 0 Å². The largest absolute Gasteiger partial charge is 0.508 e. The van der Waals surface area contributed by atoms with E-state index in [1.807, 2.05) is 13.0 Å². The van der Waals surface area contributed by atoms with Gasteiger partial charge in [0.1, 0.15) is 5.75 Å². The van der Waals surface area contributed by atoms with E-state index in [0.717, 1.165) is 0 Å². The number of rotatable bonds is 1. The number of hydrogen-bond donors (Lipinski definition) is 1. The van der Waals surface area contributed by atoms with Crippen molar-refractivity contribution in [3.63, 3.8) is 0 Å². The molecule has 1 heteroatoms. The van der Waals surface area contributed by atoms with Crippen LogP contribution in [0.2, 0.25) is 0 Å². The van der Waals surface area contributed by atoms with E-state index in [9.17, 15) is 5.11 Å². The Labute approximate surface area is 74.1 Å². The minimum atomic E-state index is 0.377. The van der Waals surface area contributed by atoms with Gasteiger partial charge in [0, 0.05) is 0 Å². The summed E-state index contributed by atoms with van der Waals surface area (Å²) in [6.07, 6.45) is 0. The van der Waals surface area contributed by atoms with Gasteiger partial charge in [0.25, 0.3) is 0 Å². The number of aromatic hydroxyl groups is 1. The lowest BCUT2D eigenvalue weighted by Crippen LogP contribution is -1.94. The number of benzene rings is 1. The smallest absolute Gasteiger partial charge is 0.116 e. The van der Waals surface area contributed by atoms with Crippen LogP contribution in [0.25, 0.3) is 0 Å². The van der Waals surface area contributed by atoms with E-state index in [-0.39, 0.29) is 0 Å². The van der Waals surface area contributed by atoms with Gasteiger partial charge in [-0.05, 0) is 48.6 Å². The second-order valence-corrected chi connectivity index (χ2v) is 3.63. The Balaban J connectivity index is 3.28. The Bertz CT molecular complexity index is 287. The van der Waals surface area contributed by atoms with Crippen molar-refractivity contribution in [2.45, 2.75) is 33.6 Å². The van der Waals surface area contributed by atoms with Gasteiger partial charge in [0.2, 0.25) is 0 Å². The highest BCUT2D eigenvalue weighted by molar-refractivity contribution is 5.41. The van der Waals surface area contributed by atoms with Crippen molar-refractivity contribution in [3.8, 4) is 5.75 Å². The third kappa shape index (κ3) is 1.60. The SMILES string of the molecule is Cc1cc(O)cc(C(C)C)c1C. The van der Waals surface area contributed by atoms with E-state index in [2.05, 4.69) is 20.8 Å². The minimum absolute atomic E-state index is 0.377. The standard InChI is InChI=1S/C11H16O/c1-7(2)11-6-10(12)5-8(3)9(11)4/h5-7,12H,1-4H3. The van der Waals surface area contributed by atoms with Crippen LogP contribution >= 0.6 is 0 Å². The van der Waals surface area contributed by atoms with Crippen LogP contribution in [0.1, 0.15) is 36.5 Å². The first kappa shape index (κ1) is 9.11. The molecule has 1 rings (SSSR count). The molecule has 0 amide bonds. The molecular weight excluding hydrogens is 148 g/mol. The van der Waals surface area contributed by atoms with Crippen molar-refractivity contribution in [1.82, 2.24) is 0 Å². The maximum absolute atomic E-state index is 9.37. The molecule has 0 bridgehead atoms. The molecular formula is C11H16O. The Hall–Kier alpha value is -0.980. The highest BCUT2D eigenvalue weighted by atomic mass is 16.3. The van der Waals surface area contributed by atoms with Crippen LogP contribution < -0.4 is 0 Å². The fourth-order valence-corrected chi connectivity index (χ4v) is 1.47. The molecule has 0 aliphatic rings. The summed E-state index contributed by atoms with van der Waals surface area (Å²) in [5.74, 6) is 0.859. The van der Waals surface area contributed by atoms with Gasteiger partial charge >= 0.3 is 0 Å². The lowest BCUT2D eigenvalue weighted by atomic mass is 9.94. The maximum Gasteiger partial charge on any atom is 0.116 e. The second-order valence-electron chi connectivity index (χ2n) is 3.63. The summed E-state index contributed by atoms with van der Waals surface area (Å²) in [5, 5.41) is 9.37. The molecule has 0 aliphatic heterocycles. The summed E-state index contributed by atoms with van der Waals surface area (Å²) in [7, 11) is 0. The van der Waals surface area contributed by atoms with Crippen LogP contribution in [0.3, 0.4) is 0 Å². The van der Waals surface area contributed by atoms with Crippen molar-refractivity contribution in [1.29, 1.82) is 0 Å². The van der Waals surface area contributed by atoms with Crippen LogP contribution in [-0.4, -0.2) is 5.11 Å². The van der Waals surface area contributed by atoms with E-state index >= 15 is 0 Å². The fourth-order valence-electron chi connectivity index (χ4n) is 1.47. The minimum Gasteiger partial charge on any atom is -0.508 e. The topological polar surface area (TPSA) is 20.2 Å². The lowest BCUT2D eigenvalue weighted by molar-refractivity contribution is 0.473. The Morgan fingerprint density at radius 1 is 1.17 bits per heavy atom. The van der Waals surface area contributed by atoms with Gasteiger partial charge in [-0.15, -0.1) is 0 Å². The average molecular weight is 164 g/mol. The van der Waals surface area contributed by atoms with Crippen molar-refractivity contribution in [3.05, 3.63) is 28.8 Å². The molecule has 0 heterocycles. The zero-order chi connectivity index (χ0) is 9.30. The van der Waals surface area contributed by atoms with Gasteiger partial charge in [-0.3, -0.25) is 0 Å². The molecule has 0 aromatic heterocycles. The highest BCUT2D eigenvalue weighted by Gasteiger charge is 2.06. The monoisotopic (exact) mass is 164 g/mol. The summed E-state index contributed by atoms with van der Waals surface area (Å²) in [4.78, 5) is 0.